The molecule has 1 N–H and O–H groups in total. The number of fused-ring (bicyclic) bond motifs is 1. The number of benzene rings is 3. The van der Waals surface area contributed by atoms with Crippen LogP contribution >= 0.6 is 0 Å². The molecule has 1 aliphatic heterocycles. The first-order valence-corrected chi connectivity index (χ1v) is 8.72. The Morgan fingerprint density at radius 3 is 2.52 bits per heavy atom. The number of para-hydroxylation sites is 1. The van der Waals surface area contributed by atoms with Crippen molar-refractivity contribution in [3.8, 4) is 17.2 Å². The maximum atomic E-state index is 12.4. The van der Waals surface area contributed by atoms with E-state index in [1.165, 1.54) is 0 Å². The third-order valence-corrected chi connectivity index (χ3v) is 4.27. The van der Waals surface area contributed by atoms with E-state index in [0.717, 1.165) is 16.9 Å². The quantitative estimate of drug-likeness (QED) is 0.723. The van der Waals surface area contributed by atoms with Gasteiger partial charge < -0.3 is 19.5 Å². The number of rotatable bonds is 6. The summed E-state index contributed by atoms with van der Waals surface area (Å²) < 4.78 is 16.5. The molecule has 5 nitrogen and oxygen atoms in total. The van der Waals surface area contributed by atoms with Crippen molar-refractivity contribution in [1.82, 2.24) is 5.32 Å². The maximum Gasteiger partial charge on any atom is 0.255 e. The van der Waals surface area contributed by atoms with Crippen LogP contribution in [0.2, 0.25) is 0 Å². The van der Waals surface area contributed by atoms with E-state index in [4.69, 9.17) is 14.2 Å². The zero-order chi connectivity index (χ0) is 18.5. The minimum Gasteiger partial charge on any atom is -0.489 e. The SMILES string of the molecule is O=C(NCc1ccc(OCc2ccccc2)cc1)c1cccc2c1OCO2. The second-order valence-corrected chi connectivity index (χ2v) is 6.14. The average Bonchev–Trinajstić information content (AvgIpc) is 3.21. The first-order chi connectivity index (χ1) is 13.3. The lowest BCUT2D eigenvalue weighted by Crippen LogP contribution is -2.23. The molecule has 4 rings (SSSR count). The Bertz CT molecular complexity index is 923. The van der Waals surface area contributed by atoms with Crippen molar-refractivity contribution in [2.24, 2.45) is 0 Å². The van der Waals surface area contributed by atoms with Crippen molar-refractivity contribution in [3.63, 3.8) is 0 Å². The Hall–Kier alpha value is -3.47. The van der Waals surface area contributed by atoms with Gasteiger partial charge >= 0.3 is 0 Å². The van der Waals surface area contributed by atoms with Crippen LogP contribution in [-0.2, 0) is 13.2 Å². The molecule has 0 saturated carbocycles. The highest BCUT2D eigenvalue weighted by molar-refractivity contribution is 5.97. The first-order valence-electron chi connectivity index (χ1n) is 8.72. The van der Waals surface area contributed by atoms with E-state index >= 15 is 0 Å². The Balaban J connectivity index is 1.32. The van der Waals surface area contributed by atoms with Crippen LogP contribution in [0.1, 0.15) is 21.5 Å². The highest BCUT2D eigenvalue weighted by atomic mass is 16.7. The van der Waals surface area contributed by atoms with E-state index in [1.807, 2.05) is 54.6 Å². The third kappa shape index (κ3) is 4.03. The lowest BCUT2D eigenvalue weighted by molar-refractivity contribution is 0.0946. The van der Waals surface area contributed by atoms with Gasteiger partial charge in [0.25, 0.3) is 5.91 Å². The van der Waals surface area contributed by atoms with Gasteiger partial charge in [0, 0.05) is 6.54 Å². The summed E-state index contributed by atoms with van der Waals surface area (Å²) in [6.07, 6.45) is 0. The fourth-order valence-electron chi connectivity index (χ4n) is 2.83. The third-order valence-electron chi connectivity index (χ3n) is 4.27. The summed E-state index contributed by atoms with van der Waals surface area (Å²) in [6, 6.07) is 23.0. The van der Waals surface area contributed by atoms with Gasteiger partial charge in [-0.05, 0) is 35.4 Å². The van der Waals surface area contributed by atoms with Crippen molar-refractivity contribution in [2.75, 3.05) is 6.79 Å². The molecule has 0 saturated heterocycles. The summed E-state index contributed by atoms with van der Waals surface area (Å²) in [5.74, 6) is 1.70. The van der Waals surface area contributed by atoms with Gasteiger partial charge in [-0.3, -0.25) is 4.79 Å². The van der Waals surface area contributed by atoms with Gasteiger partial charge in [0.05, 0.1) is 5.56 Å². The van der Waals surface area contributed by atoms with Crippen molar-refractivity contribution in [3.05, 3.63) is 89.5 Å². The van der Waals surface area contributed by atoms with E-state index in [-0.39, 0.29) is 12.7 Å². The van der Waals surface area contributed by atoms with Crippen molar-refractivity contribution in [1.29, 1.82) is 0 Å². The number of carbonyl (C=O) groups is 1. The van der Waals surface area contributed by atoms with E-state index in [2.05, 4.69) is 5.32 Å². The molecule has 5 heteroatoms. The van der Waals surface area contributed by atoms with Crippen LogP contribution in [0.5, 0.6) is 17.2 Å². The monoisotopic (exact) mass is 361 g/mol. The molecule has 1 amide bonds. The molecular weight excluding hydrogens is 342 g/mol. The molecule has 0 aromatic heterocycles. The molecule has 1 aliphatic rings. The normalized spacial score (nSPS) is 11.9. The van der Waals surface area contributed by atoms with Gasteiger partial charge in [-0.15, -0.1) is 0 Å². The van der Waals surface area contributed by atoms with Crippen LogP contribution in [0, 0.1) is 0 Å². The van der Waals surface area contributed by atoms with Crippen molar-refractivity contribution in [2.45, 2.75) is 13.2 Å². The van der Waals surface area contributed by atoms with Gasteiger partial charge in [0.1, 0.15) is 12.4 Å². The number of ether oxygens (including phenoxy) is 3. The highest BCUT2D eigenvalue weighted by Gasteiger charge is 2.21. The molecule has 0 unspecified atom stereocenters. The van der Waals surface area contributed by atoms with Crippen LogP contribution in [0.15, 0.2) is 72.8 Å². The molecule has 3 aromatic carbocycles. The topological polar surface area (TPSA) is 56.8 Å². The summed E-state index contributed by atoms with van der Waals surface area (Å²) in [5, 5.41) is 2.91. The molecule has 27 heavy (non-hydrogen) atoms. The Morgan fingerprint density at radius 1 is 0.889 bits per heavy atom. The van der Waals surface area contributed by atoms with Crippen molar-refractivity contribution < 1.29 is 19.0 Å². The fraction of sp³-hybridized carbons (Fsp3) is 0.136. The zero-order valence-corrected chi connectivity index (χ0v) is 14.7. The van der Waals surface area contributed by atoms with E-state index < -0.39 is 0 Å². The van der Waals surface area contributed by atoms with Crippen LogP contribution in [0.3, 0.4) is 0 Å². The van der Waals surface area contributed by atoms with Gasteiger partial charge in [0.15, 0.2) is 11.5 Å². The summed E-state index contributed by atoms with van der Waals surface area (Å²) in [6.45, 7) is 1.09. The number of hydrogen-bond acceptors (Lipinski definition) is 4. The molecular formula is C22H19NO4. The molecule has 3 aromatic rings. The number of carbonyl (C=O) groups excluding carboxylic acids is 1. The Kier molecular flexibility index (Phi) is 4.92. The Morgan fingerprint density at radius 2 is 1.70 bits per heavy atom. The number of nitrogens with one attached hydrogen (secondary N) is 1. The molecule has 0 radical (unpaired) electrons. The van der Waals surface area contributed by atoms with Crippen LogP contribution < -0.4 is 19.5 Å². The molecule has 0 bridgehead atoms. The van der Waals surface area contributed by atoms with Crippen LogP contribution in [0.4, 0.5) is 0 Å². The van der Waals surface area contributed by atoms with Crippen LogP contribution in [-0.4, -0.2) is 12.7 Å². The van der Waals surface area contributed by atoms with Gasteiger partial charge in [-0.2, -0.15) is 0 Å². The van der Waals surface area contributed by atoms with Gasteiger partial charge in [-0.25, -0.2) is 0 Å². The van der Waals surface area contributed by atoms with Crippen molar-refractivity contribution >= 4 is 5.91 Å². The lowest BCUT2D eigenvalue weighted by Gasteiger charge is -2.09. The standard InChI is InChI=1S/C22H19NO4/c24-22(19-7-4-8-20-21(19)27-15-26-20)23-13-16-9-11-18(12-10-16)25-14-17-5-2-1-3-6-17/h1-12H,13-15H2,(H,23,24). The molecule has 0 aliphatic carbocycles. The number of hydrogen-bond donors (Lipinski definition) is 1. The average molecular weight is 361 g/mol. The molecule has 0 spiro atoms. The zero-order valence-electron chi connectivity index (χ0n) is 14.7. The fourth-order valence-corrected chi connectivity index (χ4v) is 2.83. The molecule has 1 heterocycles. The van der Waals surface area contributed by atoms with E-state index in [0.29, 0.717) is 30.2 Å². The number of amides is 1. The second kappa shape index (κ2) is 7.83. The van der Waals surface area contributed by atoms with E-state index in [9.17, 15) is 4.79 Å². The predicted molar refractivity (Wildman–Crippen MR) is 101 cm³/mol. The smallest absolute Gasteiger partial charge is 0.255 e. The van der Waals surface area contributed by atoms with Gasteiger partial charge in [0.2, 0.25) is 6.79 Å². The molecule has 0 atom stereocenters. The Labute approximate surface area is 157 Å². The largest absolute Gasteiger partial charge is 0.489 e. The van der Waals surface area contributed by atoms with Gasteiger partial charge in [-0.1, -0.05) is 48.5 Å². The summed E-state index contributed by atoms with van der Waals surface area (Å²) in [4.78, 5) is 12.4. The maximum absolute atomic E-state index is 12.4. The summed E-state index contributed by atoms with van der Waals surface area (Å²) >= 11 is 0. The highest BCUT2D eigenvalue weighted by Crippen LogP contribution is 2.35. The van der Waals surface area contributed by atoms with E-state index in [1.54, 1.807) is 18.2 Å². The minimum absolute atomic E-state index is 0.143. The predicted octanol–water partition coefficient (Wildman–Crippen LogP) is 3.92. The summed E-state index contributed by atoms with van der Waals surface area (Å²) in [7, 11) is 0. The molecule has 136 valence electrons. The minimum atomic E-state index is -0.193. The van der Waals surface area contributed by atoms with Crippen LogP contribution in [0.25, 0.3) is 0 Å². The molecule has 0 fully saturated rings. The lowest BCUT2D eigenvalue weighted by atomic mass is 10.1. The second-order valence-electron chi connectivity index (χ2n) is 6.14. The summed E-state index contributed by atoms with van der Waals surface area (Å²) in [5.41, 5.74) is 2.59. The first kappa shape index (κ1) is 17.0.